The van der Waals surface area contributed by atoms with Gasteiger partial charge in [0.1, 0.15) is 0 Å². The van der Waals surface area contributed by atoms with Crippen LogP contribution < -0.4 is 4.90 Å². The fourth-order valence-corrected chi connectivity index (χ4v) is 5.40. The summed E-state index contributed by atoms with van der Waals surface area (Å²) < 4.78 is 0.963. The highest BCUT2D eigenvalue weighted by molar-refractivity contribution is 9.10. The number of hydrogen-bond acceptors (Lipinski definition) is 4. The zero-order chi connectivity index (χ0) is 19.7. The van der Waals surface area contributed by atoms with E-state index in [9.17, 15) is 9.59 Å². The summed E-state index contributed by atoms with van der Waals surface area (Å²) in [6.07, 6.45) is 6.96. The Morgan fingerprint density at radius 2 is 1.62 bits per heavy atom. The molecule has 6 heteroatoms. The molecule has 1 unspecified atom stereocenters. The van der Waals surface area contributed by atoms with Gasteiger partial charge in [0.2, 0.25) is 11.8 Å². The molecule has 3 aliphatic rings. The zero-order valence-electron chi connectivity index (χ0n) is 15.3. The summed E-state index contributed by atoms with van der Waals surface area (Å²) in [5.41, 5.74) is 2.33. The van der Waals surface area contributed by atoms with Crippen molar-refractivity contribution in [3.8, 4) is 11.4 Å². The van der Waals surface area contributed by atoms with E-state index in [0.29, 0.717) is 11.5 Å². The highest BCUT2D eigenvalue weighted by atomic mass is 79.9. The van der Waals surface area contributed by atoms with Crippen molar-refractivity contribution in [3.63, 3.8) is 0 Å². The van der Waals surface area contributed by atoms with Gasteiger partial charge in [0.15, 0.2) is 5.82 Å². The van der Waals surface area contributed by atoms with Crippen LogP contribution in [0.5, 0.6) is 0 Å². The van der Waals surface area contributed by atoms with Crippen molar-refractivity contribution >= 4 is 44.3 Å². The van der Waals surface area contributed by atoms with E-state index in [1.165, 1.54) is 4.90 Å². The number of anilines is 1. The van der Waals surface area contributed by atoms with Crippen LogP contribution in [0.15, 0.2) is 65.3 Å². The van der Waals surface area contributed by atoms with E-state index in [4.69, 9.17) is 0 Å². The molecule has 6 rings (SSSR count). The van der Waals surface area contributed by atoms with Crippen LogP contribution in [0.2, 0.25) is 0 Å². The van der Waals surface area contributed by atoms with Crippen molar-refractivity contribution in [2.24, 2.45) is 23.7 Å². The first-order valence-corrected chi connectivity index (χ1v) is 10.5. The maximum absolute atomic E-state index is 13.0. The molecule has 29 heavy (non-hydrogen) atoms. The number of carbonyl (C=O) groups is 2. The Morgan fingerprint density at radius 1 is 0.931 bits per heavy atom. The summed E-state index contributed by atoms with van der Waals surface area (Å²) in [5.74, 6) is 0.569. The number of nitrogens with zero attached hydrogens (tertiary/aromatic N) is 3. The third-order valence-electron chi connectivity index (χ3n) is 6.40. The van der Waals surface area contributed by atoms with Crippen LogP contribution >= 0.6 is 15.9 Å². The molecule has 142 valence electrons. The van der Waals surface area contributed by atoms with Crippen LogP contribution in [0.4, 0.5) is 5.69 Å². The van der Waals surface area contributed by atoms with Crippen LogP contribution in [0.1, 0.15) is 6.42 Å². The first kappa shape index (κ1) is 17.0. The zero-order valence-corrected chi connectivity index (χ0v) is 16.9. The molecule has 0 N–H and O–H groups in total. The van der Waals surface area contributed by atoms with E-state index in [2.05, 4.69) is 38.0 Å². The highest BCUT2D eigenvalue weighted by Gasteiger charge is 2.59. The van der Waals surface area contributed by atoms with Gasteiger partial charge < -0.3 is 0 Å². The van der Waals surface area contributed by atoms with E-state index >= 15 is 0 Å². The molecule has 2 aliphatic carbocycles. The second kappa shape index (κ2) is 6.07. The number of halogens is 1. The second-order valence-electron chi connectivity index (χ2n) is 7.96. The number of fused-ring (bicyclic) bond motifs is 6. The number of carbonyl (C=O) groups excluding carboxylic acids is 2. The smallest absolute Gasteiger partial charge is 0.238 e. The minimum Gasteiger partial charge on any atom is -0.274 e. The quantitative estimate of drug-likeness (QED) is 0.433. The summed E-state index contributed by atoms with van der Waals surface area (Å²) in [5, 5.41) is 0.969. The van der Waals surface area contributed by atoms with Gasteiger partial charge in [0, 0.05) is 21.6 Å². The Labute approximate surface area is 175 Å². The van der Waals surface area contributed by atoms with Crippen LogP contribution in [-0.4, -0.2) is 21.8 Å². The minimum absolute atomic E-state index is 0.0589. The number of rotatable bonds is 2. The number of imide groups is 1. The van der Waals surface area contributed by atoms with Gasteiger partial charge in [-0.1, -0.05) is 34.1 Å². The number of amides is 2. The molecule has 2 bridgehead atoms. The lowest BCUT2D eigenvalue weighted by Crippen LogP contribution is -2.32. The molecule has 2 heterocycles. The molecular weight excluding hydrogens is 430 g/mol. The van der Waals surface area contributed by atoms with Crippen molar-refractivity contribution in [2.45, 2.75) is 6.42 Å². The second-order valence-corrected chi connectivity index (χ2v) is 8.87. The summed E-state index contributed by atoms with van der Waals surface area (Å²) in [4.78, 5) is 36.4. The predicted octanol–water partition coefficient (Wildman–Crippen LogP) is 4.37. The molecule has 1 saturated carbocycles. The van der Waals surface area contributed by atoms with Crippen LogP contribution in [0.25, 0.3) is 22.3 Å². The van der Waals surface area contributed by atoms with Gasteiger partial charge in [-0.25, -0.2) is 9.97 Å². The Bertz CT molecular complexity index is 1190. The SMILES string of the molecule is O=C1[C@@H]2[C@@H]3C=CC(C3)[C@@H]2C(=O)N1c1ccc(-c2ncc3ccc(Br)cc3n2)cc1. The lowest BCUT2D eigenvalue weighted by atomic mass is 9.85. The maximum Gasteiger partial charge on any atom is 0.238 e. The van der Waals surface area contributed by atoms with E-state index in [-0.39, 0.29) is 35.5 Å². The monoisotopic (exact) mass is 445 g/mol. The van der Waals surface area contributed by atoms with E-state index < -0.39 is 0 Å². The van der Waals surface area contributed by atoms with Gasteiger partial charge >= 0.3 is 0 Å². The molecule has 2 aromatic carbocycles. The standard InChI is InChI=1S/C23H16BrN3O2/c24-16-6-3-15-11-25-21(26-18(15)10-16)12-4-7-17(8-5-12)27-22(28)19-13-1-2-14(9-13)20(19)23(27)29/h1-8,10-11,13-14,19-20H,9H2/t13-,14?,19-,20+/m1/s1. The summed E-state index contributed by atoms with van der Waals surface area (Å²) in [6.45, 7) is 0. The van der Waals surface area contributed by atoms with Gasteiger partial charge in [0.05, 0.1) is 23.0 Å². The van der Waals surface area contributed by atoms with Crippen molar-refractivity contribution in [1.82, 2.24) is 9.97 Å². The van der Waals surface area contributed by atoms with E-state index in [0.717, 1.165) is 27.4 Å². The molecule has 3 aromatic rings. The number of benzene rings is 2. The maximum atomic E-state index is 13.0. The lowest BCUT2D eigenvalue weighted by molar-refractivity contribution is -0.123. The number of allylic oxidation sites excluding steroid dienone is 2. The molecule has 0 radical (unpaired) electrons. The van der Waals surface area contributed by atoms with Crippen molar-refractivity contribution in [2.75, 3.05) is 4.90 Å². The summed E-state index contributed by atoms with van der Waals surface area (Å²) >= 11 is 3.47. The fourth-order valence-electron chi connectivity index (χ4n) is 5.05. The van der Waals surface area contributed by atoms with E-state index in [1.807, 2.05) is 42.5 Å². The Hall–Kier alpha value is -2.86. The van der Waals surface area contributed by atoms with Crippen LogP contribution in [0.3, 0.4) is 0 Å². The lowest BCUT2D eigenvalue weighted by Gasteiger charge is -2.17. The average molecular weight is 446 g/mol. The molecule has 5 nitrogen and oxygen atoms in total. The average Bonchev–Trinajstić information content (AvgIpc) is 3.41. The van der Waals surface area contributed by atoms with Gasteiger partial charge in [-0.2, -0.15) is 0 Å². The highest BCUT2D eigenvalue weighted by Crippen LogP contribution is 2.53. The van der Waals surface area contributed by atoms with Crippen molar-refractivity contribution in [1.29, 1.82) is 0 Å². The van der Waals surface area contributed by atoms with Gasteiger partial charge in [0.25, 0.3) is 0 Å². The molecule has 2 fully saturated rings. The summed E-state index contributed by atoms with van der Waals surface area (Å²) in [6, 6.07) is 13.3. The first-order valence-electron chi connectivity index (χ1n) is 9.69. The molecule has 1 aromatic heterocycles. The van der Waals surface area contributed by atoms with Crippen molar-refractivity contribution in [3.05, 3.63) is 65.3 Å². The Balaban J connectivity index is 1.32. The van der Waals surface area contributed by atoms with Gasteiger partial charge in [-0.05, 0) is 54.7 Å². The van der Waals surface area contributed by atoms with E-state index in [1.54, 1.807) is 6.20 Å². The number of hydrogen-bond donors (Lipinski definition) is 0. The minimum atomic E-state index is -0.181. The molecule has 1 aliphatic heterocycles. The largest absolute Gasteiger partial charge is 0.274 e. The molecular formula is C23H16BrN3O2. The molecule has 2 amide bonds. The van der Waals surface area contributed by atoms with Gasteiger partial charge in [-0.3, -0.25) is 14.5 Å². The third kappa shape index (κ3) is 2.45. The Morgan fingerprint density at radius 3 is 2.31 bits per heavy atom. The number of aromatic nitrogens is 2. The molecule has 0 spiro atoms. The predicted molar refractivity (Wildman–Crippen MR) is 113 cm³/mol. The summed E-state index contributed by atoms with van der Waals surface area (Å²) in [7, 11) is 0. The van der Waals surface area contributed by atoms with Crippen molar-refractivity contribution < 1.29 is 9.59 Å². The van der Waals surface area contributed by atoms with Gasteiger partial charge in [-0.15, -0.1) is 0 Å². The Kier molecular flexibility index (Phi) is 3.56. The fraction of sp³-hybridized carbons (Fsp3) is 0.217. The normalized spacial score (nSPS) is 27.3. The molecule has 4 atom stereocenters. The molecule has 1 saturated heterocycles. The van der Waals surface area contributed by atoms with Crippen LogP contribution in [0, 0.1) is 23.7 Å². The third-order valence-corrected chi connectivity index (χ3v) is 6.89. The topological polar surface area (TPSA) is 63.2 Å². The van der Waals surface area contributed by atoms with Crippen LogP contribution in [-0.2, 0) is 9.59 Å². The first-order chi connectivity index (χ1) is 14.1.